The molecule has 0 saturated heterocycles. The fourth-order valence-electron chi connectivity index (χ4n) is 4.04. The van der Waals surface area contributed by atoms with Crippen LogP contribution in [-0.2, 0) is 10.2 Å². The van der Waals surface area contributed by atoms with Crippen LogP contribution in [0.3, 0.4) is 0 Å². The molecule has 128 valence electrons. The number of nitrogens with one attached hydrogen (secondary N) is 1. The summed E-state index contributed by atoms with van der Waals surface area (Å²) in [4.78, 5) is 36.0. The van der Waals surface area contributed by atoms with Gasteiger partial charge in [-0.25, -0.2) is 9.97 Å². The molecule has 1 spiro atoms. The van der Waals surface area contributed by atoms with E-state index in [2.05, 4.69) is 15.3 Å². The topological polar surface area (TPSA) is 75.2 Å². The number of fused-ring (bicyclic) bond motifs is 2. The van der Waals surface area contributed by atoms with E-state index in [0.717, 1.165) is 18.4 Å². The Kier molecular flexibility index (Phi) is 3.08. The monoisotopic (exact) mass is 344 g/mol. The molecule has 1 aliphatic heterocycles. The molecule has 3 aliphatic rings. The third-order valence-corrected chi connectivity index (χ3v) is 5.86. The van der Waals surface area contributed by atoms with E-state index in [9.17, 15) is 9.59 Å². The van der Waals surface area contributed by atoms with Gasteiger partial charge in [-0.3, -0.25) is 14.9 Å². The molecule has 26 heavy (non-hydrogen) atoms. The first-order chi connectivity index (χ1) is 12.5. The Hall–Kier alpha value is -2.70. The van der Waals surface area contributed by atoms with E-state index < -0.39 is 5.54 Å². The fraction of sp³-hybridized carbons (Fsp3) is 0.368. The molecule has 7 heteroatoms. The molecule has 2 heterocycles. The number of hydrogen-bond donors (Lipinski definition) is 1. The molecule has 2 saturated carbocycles. The molecule has 1 aromatic heterocycles. The highest BCUT2D eigenvalue weighted by molar-refractivity contribution is 6.32. The quantitative estimate of drug-likeness (QED) is 0.841. The van der Waals surface area contributed by atoms with E-state index in [-0.39, 0.29) is 23.2 Å². The SMILES string of the molecule is [B]c1ccc2c(c1)C1(CC1)CN(C1(C(=O)Nc3ncccn3)CC1)C2=O. The van der Waals surface area contributed by atoms with E-state index in [1.54, 1.807) is 35.5 Å². The first-order valence-corrected chi connectivity index (χ1v) is 8.85. The predicted octanol–water partition coefficient (Wildman–Crippen LogP) is 0.929. The van der Waals surface area contributed by atoms with E-state index in [1.165, 1.54) is 0 Å². The van der Waals surface area contributed by atoms with Crippen LogP contribution in [0.25, 0.3) is 0 Å². The third kappa shape index (κ3) is 2.19. The number of carbonyl (C=O) groups excluding carboxylic acids is 2. The van der Waals surface area contributed by atoms with Gasteiger partial charge in [-0.1, -0.05) is 17.6 Å². The summed E-state index contributed by atoms with van der Waals surface area (Å²) < 4.78 is 0. The van der Waals surface area contributed by atoms with Gasteiger partial charge in [0, 0.05) is 29.9 Å². The van der Waals surface area contributed by atoms with Gasteiger partial charge in [-0.15, -0.1) is 0 Å². The van der Waals surface area contributed by atoms with Gasteiger partial charge >= 0.3 is 0 Å². The van der Waals surface area contributed by atoms with Crippen LogP contribution in [0.15, 0.2) is 36.7 Å². The highest BCUT2D eigenvalue weighted by atomic mass is 16.2. The summed E-state index contributed by atoms with van der Waals surface area (Å²) in [5, 5.41) is 2.77. The first kappa shape index (κ1) is 15.6. The molecular weight excluding hydrogens is 327 g/mol. The van der Waals surface area contributed by atoms with Gasteiger partial charge < -0.3 is 4.90 Å². The van der Waals surface area contributed by atoms with E-state index in [1.807, 2.05) is 6.07 Å². The minimum Gasteiger partial charge on any atom is -0.323 e. The Labute approximate surface area is 152 Å². The zero-order valence-corrected chi connectivity index (χ0v) is 14.2. The normalized spacial score (nSPS) is 21.2. The van der Waals surface area contributed by atoms with E-state index in [0.29, 0.717) is 30.4 Å². The summed E-state index contributed by atoms with van der Waals surface area (Å²) in [6.45, 7) is 0.575. The first-order valence-electron chi connectivity index (χ1n) is 8.85. The maximum Gasteiger partial charge on any atom is 0.255 e. The molecule has 2 amide bonds. The molecule has 0 atom stereocenters. The summed E-state index contributed by atoms with van der Waals surface area (Å²) in [6.07, 6.45) is 6.52. The maximum absolute atomic E-state index is 13.2. The number of rotatable bonds is 3. The number of nitrogens with zero attached hydrogens (tertiary/aromatic N) is 3. The second kappa shape index (κ2) is 5.16. The maximum atomic E-state index is 13.2. The molecule has 0 bridgehead atoms. The molecule has 1 N–H and O–H groups in total. The van der Waals surface area contributed by atoms with Crippen LogP contribution >= 0.6 is 0 Å². The lowest BCUT2D eigenvalue weighted by atomic mass is 9.81. The Bertz CT molecular complexity index is 922. The van der Waals surface area contributed by atoms with Crippen molar-refractivity contribution in [1.29, 1.82) is 0 Å². The highest BCUT2D eigenvalue weighted by Crippen LogP contribution is 2.56. The lowest BCUT2D eigenvalue weighted by Gasteiger charge is -2.39. The molecule has 5 rings (SSSR count). The summed E-state index contributed by atoms with van der Waals surface area (Å²) in [5.74, 6) is -0.0200. The Morgan fingerprint density at radius 1 is 1.15 bits per heavy atom. The van der Waals surface area contributed by atoms with E-state index in [4.69, 9.17) is 7.85 Å². The smallest absolute Gasteiger partial charge is 0.255 e. The zero-order chi connectivity index (χ0) is 17.9. The van der Waals surface area contributed by atoms with Gasteiger partial charge in [0.05, 0.1) is 0 Å². The summed E-state index contributed by atoms with van der Waals surface area (Å²) in [5.41, 5.74) is 1.57. The van der Waals surface area contributed by atoms with Crippen molar-refractivity contribution in [3.05, 3.63) is 47.8 Å². The predicted molar refractivity (Wildman–Crippen MR) is 96.4 cm³/mol. The molecule has 2 fully saturated rings. The van der Waals surface area contributed by atoms with Crippen molar-refractivity contribution in [3.63, 3.8) is 0 Å². The van der Waals surface area contributed by atoms with Crippen molar-refractivity contribution in [1.82, 2.24) is 14.9 Å². The number of hydrogen-bond acceptors (Lipinski definition) is 4. The van der Waals surface area contributed by atoms with Gasteiger partial charge in [0.2, 0.25) is 5.95 Å². The molecule has 2 radical (unpaired) electrons. The van der Waals surface area contributed by atoms with Crippen LogP contribution in [0.1, 0.15) is 41.6 Å². The summed E-state index contributed by atoms with van der Waals surface area (Å²) >= 11 is 0. The van der Waals surface area contributed by atoms with E-state index >= 15 is 0 Å². The third-order valence-electron chi connectivity index (χ3n) is 5.86. The number of anilines is 1. The fourth-order valence-corrected chi connectivity index (χ4v) is 4.04. The van der Waals surface area contributed by atoms with Crippen LogP contribution in [0, 0.1) is 0 Å². The van der Waals surface area contributed by atoms with Crippen molar-refractivity contribution in [2.45, 2.75) is 36.6 Å². The highest BCUT2D eigenvalue weighted by Gasteiger charge is 2.62. The van der Waals surface area contributed by atoms with Gasteiger partial charge in [0.15, 0.2) is 0 Å². The Balaban J connectivity index is 1.48. The van der Waals surface area contributed by atoms with Crippen molar-refractivity contribution in [2.75, 3.05) is 11.9 Å². The van der Waals surface area contributed by atoms with Crippen LogP contribution in [-0.4, -0.2) is 46.6 Å². The largest absolute Gasteiger partial charge is 0.323 e. The average molecular weight is 344 g/mol. The van der Waals surface area contributed by atoms with Crippen molar-refractivity contribution >= 4 is 31.1 Å². The van der Waals surface area contributed by atoms with Crippen LogP contribution in [0.2, 0.25) is 0 Å². The zero-order valence-electron chi connectivity index (χ0n) is 14.2. The minimum absolute atomic E-state index is 0.0439. The second-order valence-corrected chi connectivity index (χ2v) is 7.53. The van der Waals surface area contributed by atoms with Gasteiger partial charge in [0.1, 0.15) is 13.4 Å². The number of amides is 2. The van der Waals surface area contributed by atoms with Crippen LogP contribution < -0.4 is 10.8 Å². The lowest BCUT2D eigenvalue weighted by Crippen LogP contribution is -2.55. The van der Waals surface area contributed by atoms with Crippen molar-refractivity contribution in [2.24, 2.45) is 0 Å². The second-order valence-electron chi connectivity index (χ2n) is 7.53. The van der Waals surface area contributed by atoms with Crippen LogP contribution in [0.5, 0.6) is 0 Å². The number of aromatic nitrogens is 2. The molecule has 1 aromatic carbocycles. The number of carbonyl (C=O) groups is 2. The summed E-state index contributed by atoms with van der Waals surface area (Å²) in [7, 11) is 5.94. The lowest BCUT2D eigenvalue weighted by molar-refractivity contribution is -0.122. The molecule has 6 nitrogen and oxygen atoms in total. The average Bonchev–Trinajstić information content (AvgIpc) is 3.55. The van der Waals surface area contributed by atoms with Crippen LogP contribution in [0.4, 0.5) is 5.95 Å². The minimum atomic E-state index is -0.787. The Morgan fingerprint density at radius 2 is 1.88 bits per heavy atom. The standard InChI is InChI=1S/C19H17BN4O2/c20-12-2-3-13-14(10-12)18(4-5-18)11-24(15(13)25)19(6-7-19)16(26)23-17-21-8-1-9-22-17/h1-3,8-10H,4-7,11H2,(H,21,22,23,26). The van der Waals surface area contributed by atoms with Crippen molar-refractivity contribution < 1.29 is 9.59 Å². The van der Waals surface area contributed by atoms with Crippen molar-refractivity contribution in [3.8, 4) is 0 Å². The van der Waals surface area contributed by atoms with Gasteiger partial charge in [-0.05, 0) is 43.4 Å². The number of benzene rings is 1. The molecular formula is C19H17BN4O2. The molecule has 2 aromatic rings. The van der Waals surface area contributed by atoms with Gasteiger partial charge in [-0.2, -0.15) is 0 Å². The molecule has 2 aliphatic carbocycles. The van der Waals surface area contributed by atoms with Gasteiger partial charge in [0.25, 0.3) is 11.8 Å². The summed E-state index contributed by atoms with van der Waals surface area (Å²) in [6, 6.07) is 7.17. The molecule has 0 unspecified atom stereocenters. The Morgan fingerprint density at radius 3 is 2.54 bits per heavy atom.